The van der Waals surface area contributed by atoms with Gasteiger partial charge in [-0.3, -0.25) is 0 Å². The van der Waals surface area contributed by atoms with Gasteiger partial charge in [-0.15, -0.1) is 0 Å². The Balaban J connectivity index is 2.03. The molecular formula is C10H11BClNO3. The fraction of sp³-hybridized carbons (Fsp3) is 0.400. The third-order valence-electron chi connectivity index (χ3n) is 2.84. The van der Waals surface area contributed by atoms with Crippen LogP contribution in [0.3, 0.4) is 0 Å². The second-order valence-corrected chi connectivity index (χ2v) is 4.04. The van der Waals surface area contributed by atoms with Crippen molar-refractivity contribution in [3.8, 4) is 5.75 Å². The van der Waals surface area contributed by atoms with Crippen LogP contribution >= 0.6 is 11.8 Å². The van der Waals surface area contributed by atoms with E-state index in [9.17, 15) is 0 Å². The second kappa shape index (κ2) is 4.26. The van der Waals surface area contributed by atoms with Gasteiger partial charge in [0.05, 0.1) is 12.7 Å². The van der Waals surface area contributed by atoms with Gasteiger partial charge in [-0.1, -0.05) is 12.1 Å². The molecule has 2 heterocycles. The van der Waals surface area contributed by atoms with Crippen molar-refractivity contribution < 1.29 is 14.0 Å². The Morgan fingerprint density at radius 2 is 2.38 bits per heavy atom. The molecule has 4 nitrogen and oxygen atoms in total. The molecule has 1 aromatic carbocycles. The van der Waals surface area contributed by atoms with Gasteiger partial charge in [0.15, 0.2) is 0 Å². The second-order valence-electron chi connectivity index (χ2n) is 3.77. The quantitative estimate of drug-likeness (QED) is 0.606. The van der Waals surface area contributed by atoms with Crippen molar-refractivity contribution >= 4 is 24.4 Å². The first kappa shape index (κ1) is 10.4. The number of benzene rings is 1. The number of rotatable bonds is 2. The molecule has 1 atom stereocenters. The zero-order valence-electron chi connectivity index (χ0n) is 8.61. The lowest BCUT2D eigenvalue weighted by atomic mass is 9.78. The average molecular weight is 239 g/mol. The SMILES string of the molecule is ClNCC1OB2OCCOc3cccc1c32. The van der Waals surface area contributed by atoms with Gasteiger partial charge < -0.3 is 14.0 Å². The van der Waals surface area contributed by atoms with Gasteiger partial charge in [-0.25, -0.2) is 4.84 Å². The van der Waals surface area contributed by atoms with Gasteiger partial charge >= 0.3 is 7.12 Å². The molecule has 0 bridgehead atoms. The number of nitrogens with one attached hydrogen (secondary N) is 1. The van der Waals surface area contributed by atoms with Crippen molar-refractivity contribution in [3.63, 3.8) is 0 Å². The lowest BCUT2D eigenvalue weighted by Crippen LogP contribution is -2.31. The van der Waals surface area contributed by atoms with Crippen LogP contribution in [0.25, 0.3) is 0 Å². The molecule has 0 saturated carbocycles. The molecule has 0 radical (unpaired) electrons. The molecule has 0 spiro atoms. The molecule has 0 aromatic heterocycles. The van der Waals surface area contributed by atoms with Crippen molar-refractivity contribution in [2.75, 3.05) is 19.8 Å². The Labute approximate surface area is 99.1 Å². The van der Waals surface area contributed by atoms with Crippen molar-refractivity contribution in [2.24, 2.45) is 0 Å². The van der Waals surface area contributed by atoms with E-state index in [-0.39, 0.29) is 13.2 Å². The highest BCUT2D eigenvalue weighted by Gasteiger charge is 2.41. The number of hydrogen-bond acceptors (Lipinski definition) is 4. The fourth-order valence-electron chi connectivity index (χ4n) is 2.17. The smallest absolute Gasteiger partial charge is 0.492 e. The maximum atomic E-state index is 5.78. The molecule has 0 fully saturated rings. The maximum Gasteiger partial charge on any atom is 0.498 e. The van der Waals surface area contributed by atoms with Crippen LogP contribution in [0.4, 0.5) is 0 Å². The van der Waals surface area contributed by atoms with E-state index in [1.54, 1.807) is 0 Å². The van der Waals surface area contributed by atoms with Gasteiger partial charge in [0, 0.05) is 12.0 Å². The minimum atomic E-state index is -0.316. The van der Waals surface area contributed by atoms with Crippen molar-refractivity contribution in [1.29, 1.82) is 0 Å². The molecular weight excluding hydrogens is 228 g/mol. The maximum absolute atomic E-state index is 5.78. The van der Waals surface area contributed by atoms with Crippen LogP contribution in [0.5, 0.6) is 5.75 Å². The lowest BCUT2D eigenvalue weighted by molar-refractivity contribution is 0.146. The first-order valence-corrected chi connectivity index (χ1v) is 5.64. The summed E-state index contributed by atoms with van der Waals surface area (Å²) in [6, 6.07) is 5.93. The standard InChI is InChI=1S/C10H11BClNO3/c12-13-6-9-7-2-1-3-8-10(7)11(16-9)15-5-4-14-8/h1-3,9,13H,4-6H2. The molecule has 6 heteroatoms. The van der Waals surface area contributed by atoms with Gasteiger partial charge in [-0.05, 0) is 23.4 Å². The summed E-state index contributed by atoms with van der Waals surface area (Å²) in [5, 5.41) is 0. The van der Waals surface area contributed by atoms with Crippen LogP contribution in [-0.2, 0) is 9.31 Å². The van der Waals surface area contributed by atoms with Crippen LogP contribution in [0, 0.1) is 0 Å². The summed E-state index contributed by atoms with van der Waals surface area (Å²) in [5.41, 5.74) is 2.11. The Hall–Kier alpha value is -0.745. The summed E-state index contributed by atoms with van der Waals surface area (Å²) in [7, 11) is -0.316. The van der Waals surface area contributed by atoms with Gasteiger partial charge in [-0.2, -0.15) is 0 Å². The fourth-order valence-corrected chi connectivity index (χ4v) is 2.31. The molecule has 0 aliphatic carbocycles. The van der Waals surface area contributed by atoms with Crippen LogP contribution in [0.2, 0.25) is 0 Å². The molecule has 16 heavy (non-hydrogen) atoms. The summed E-state index contributed by atoms with van der Waals surface area (Å²) in [5.74, 6) is 0.858. The minimum Gasteiger partial charge on any atom is -0.492 e. The van der Waals surface area contributed by atoms with E-state index in [1.807, 2.05) is 18.2 Å². The van der Waals surface area contributed by atoms with Crippen molar-refractivity contribution in [3.05, 3.63) is 23.8 Å². The Morgan fingerprint density at radius 3 is 3.25 bits per heavy atom. The minimum absolute atomic E-state index is 0.0702. The van der Waals surface area contributed by atoms with E-state index in [1.165, 1.54) is 0 Å². The van der Waals surface area contributed by atoms with Crippen LogP contribution in [0.15, 0.2) is 18.2 Å². The van der Waals surface area contributed by atoms with E-state index in [0.717, 1.165) is 16.8 Å². The van der Waals surface area contributed by atoms with Crippen LogP contribution < -0.4 is 15.0 Å². The first-order valence-electron chi connectivity index (χ1n) is 5.26. The highest BCUT2D eigenvalue weighted by Crippen LogP contribution is 2.29. The van der Waals surface area contributed by atoms with E-state index in [2.05, 4.69) is 4.84 Å². The lowest BCUT2D eigenvalue weighted by Gasteiger charge is -2.12. The van der Waals surface area contributed by atoms with Crippen LogP contribution in [-0.4, -0.2) is 26.9 Å². The number of halogens is 1. The van der Waals surface area contributed by atoms with Crippen molar-refractivity contribution in [2.45, 2.75) is 6.10 Å². The van der Waals surface area contributed by atoms with E-state index >= 15 is 0 Å². The Morgan fingerprint density at radius 1 is 1.44 bits per heavy atom. The van der Waals surface area contributed by atoms with Gasteiger partial charge in [0.1, 0.15) is 12.4 Å². The molecule has 0 saturated heterocycles. The van der Waals surface area contributed by atoms with Gasteiger partial charge in [0.25, 0.3) is 0 Å². The highest BCUT2D eigenvalue weighted by molar-refractivity contribution is 6.64. The van der Waals surface area contributed by atoms with E-state index in [4.69, 9.17) is 25.8 Å². The summed E-state index contributed by atoms with van der Waals surface area (Å²) in [6.45, 7) is 1.66. The predicted octanol–water partition coefficient (Wildman–Crippen LogP) is 0.606. The zero-order valence-corrected chi connectivity index (χ0v) is 9.37. The topological polar surface area (TPSA) is 39.7 Å². The molecule has 84 valence electrons. The molecule has 1 aromatic rings. The summed E-state index contributed by atoms with van der Waals surface area (Å²) < 4.78 is 17.0. The van der Waals surface area contributed by atoms with Crippen molar-refractivity contribution in [1.82, 2.24) is 4.84 Å². The summed E-state index contributed by atoms with van der Waals surface area (Å²) in [4.78, 5) is 2.60. The molecule has 2 aliphatic rings. The predicted molar refractivity (Wildman–Crippen MR) is 61.0 cm³/mol. The van der Waals surface area contributed by atoms with E-state index < -0.39 is 0 Å². The molecule has 0 amide bonds. The van der Waals surface area contributed by atoms with Gasteiger partial charge in [0.2, 0.25) is 0 Å². The van der Waals surface area contributed by atoms with Crippen LogP contribution in [0.1, 0.15) is 11.7 Å². The first-order chi connectivity index (χ1) is 7.90. The van der Waals surface area contributed by atoms with E-state index in [0.29, 0.717) is 19.8 Å². The summed E-state index contributed by atoms with van der Waals surface area (Å²) in [6.07, 6.45) is -0.0702. The largest absolute Gasteiger partial charge is 0.498 e. The molecule has 1 unspecified atom stereocenters. The highest BCUT2D eigenvalue weighted by atomic mass is 35.5. The normalized spacial score (nSPS) is 22.6. The number of hydrogen-bond donors (Lipinski definition) is 1. The Kier molecular flexibility index (Phi) is 2.77. The Bertz CT molecular complexity index is 404. The third-order valence-corrected chi connectivity index (χ3v) is 3.00. The monoisotopic (exact) mass is 239 g/mol. The zero-order chi connectivity index (χ0) is 11.0. The average Bonchev–Trinajstić information content (AvgIpc) is 2.52. The number of ether oxygens (including phenoxy) is 1. The molecule has 1 N–H and O–H groups in total. The molecule has 2 aliphatic heterocycles. The molecule has 3 rings (SSSR count). The summed E-state index contributed by atoms with van der Waals surface area (Å²) >= 11 is 5.52. The third kappa shape index (κ3) is 1.60.